The minimum atomic E-state index is 0.0153. The van der Waals surface area contributed by atoms with Crippen LogP contribution in [0.3, 0.4) is 0 Å². The zero-order valence-corrected chi connectivity index (χ0v) is 11.7. The first-order chi connectivity index (χ1) is 9.69. The van der Waals surface area contributed by atoms with Gasteiger partial charge >= 0.3 is 0 Å². The van der Waals surface area contributed by atoms with Crippen LogP contribution in [0.1, 0.15) is 36.5 Å². The normalized spacial score (nSPS) is 11.8. The third kappa shape index (κ3) is 2.79. The van der Waals surface area contributed by atoms with Crippen LogP contribution in [0, 0.1) is 0 Å². The average molecular weight is 273 g/mol. The largest absolute Gasteiger partial charge is 0.409 e. The van der Waals surface area contributed by atoms with Crippen molar-refractivity contribution in [3.05, 3.63) is 47.0 Å². The average Bonchev–Trinajstić information content (AvgIpc) is 2.89. The first-order valence-electron chi connectivity index (χ1n) is 6.67. The quantitative estimate of drug-likeness (QED) is 0.374. The van der Waals surface area contributed by atoms with Gasteiger partial charge in [0.2, 0.25) is 0 Å². The van der Waals surface area contributed by atoms with Crippen molar-refractivity contribution in [2.75, 3.05) is 0 Å². The number of hydrogen-bond acceptors (Lipinski definition) is 4. The number of hydrogen-bond donors (Lipinski definition) is 2. The summed E-state index contributed by atoms with van der Waals surface area (Å²) in [5, 5.41) is 16.4. The number of aryl methyl sites for hydroxylation is 2. The van der Waals surface area contributed by atoms with E-state index in [1.165, 1.54) is 0 Å². The molecule has 20 heavy (non-hydrogen) atoms. The smallest absolute Gasteiger partial charge is 0.189 e. The fourth-order valence-corrected chi connectivity index (χ4v) is 2.11. The molecule has 0 aliphatic heterocycles. The molecule has 0 saturated heterocycles. The Morgan fingerprint density at radius 3 is 2.85 bits per heavy atom. The standard InChI is InChI=1S/C14H19N5O/c1-3-11-8-12(4-2)19(17-11)9-10-6-5-7-16-13(10)14(15)18-20/h5-8,20H,3-4,9H2,1-2H3,(H2,15,18). The van der Waals surface area contributed by atoms with Gasteiger partial charge in [-0.2, -0.15) is 5.10 Å². The van der Waals surface area contributed by atoms with E-state index in [1.807, 2.05) is 16.8 Å². The molecule has 0 bridgehead atoms. The molecule has 0 fully saturated rings. The van der Waals surface area contributed by atoms with E-state index in [-0.39, 0.29) is 5.84 Å². The van der Waals surface area contributed by atoms with Crippen LogP contribution in [0.5, 0.6) is 0 Å². The van der Waals surface area contributed by atoms with Crippen LogP contribution in [0.25, 0.3) is 0 Å². The van der Waals surface area contributed by atoms with Crippen molar-refractivity contribution in [1.29, 1.82) is 0 Å². The highest BCUT2D eigenvalue weighted by Crippen LogP contribution is 2.12. The van der Waals surface area contributed by atoms with Crippen molar-refractivity contribution in [3.63, 3.8) is 0 Å². The Kier molecular flexibility index (Phi) is 4.34. The van der Waals surface area contributed by atoms with Gasteiger partial charge in [-0.25, -0.2) is 0 Å². The number of amidine groups is 1. The Morgan fingerprint density at radius 1 is 1.40 bits per heavy atom. The highest BCUT2D eigenvalue weighted by atomic mass is 16.4. The summed E-state index contributed by atoms with van der Waals surface area (Å²) in [6.07, 6.45) is 3.43. The summed E-state index contributed by atoms with van der Waals surface area (Å²) in [5.74, 6) is 0.0153. The van der Waals surface area contributed by atoms with Crippen molar-refractivity contribution < 1.29 is 5.21 Å². The molecule has 2 aromatic heterocycles. The van der Waals surface area contributed by atoms with Crippen molar-refractivity contribution in [3.8, 4) is 0 Å². The second-order valence-electron chi connectivity index (χ2n) is 4.49. The van der Waals surface area contributed by atoms with Crippen LogP contribution < -0.4 is 5.73 Å². The molecule has 0 spiro atoms. The van der Waals surface area contributed by atoms with E-state index in [0.29, 0.717) is 12.2 Å². The summed E-state index contributed by atoms with van der Waals surface area (Å²) in [7, 11) is 0. The number of oxime groups is 1. The summed E-state index contributed by atoms with van der Waals surface area (Å²) in [4.78, 5) is 4.17. The molecule has 106 valence electrons. The van der Waals surface area contributed by atoms with E-state index in [4.69, 9.17) is 10.9 Å². The van der Waals surface area contributed by atoms with Crippen molar-refractivity contribution in [2.45, 2.75) is 33.2 Å². The second-order valence-corrected chi connectivity index (χ2v) is 4.49. The molecule has 0 unspecified atom stereocenters. The molecule has 0 aliphatic carbocycles. The fourth-order valence-electron chi connectivity index (χ4n) is 2.11. The molecule has 6 nitrogen and oxygen atoms in total. The van der Waals surface area contributed by atoms with Gasteiger partial charge in [0.1, 0.15) is 5.69 Å². The summed E-state index contributed by atoms with van der Waals surface area (Å²) < 4.78 is 1.95. The van der Waals surface area contributed by atoms with E-state index < -0.39 is 0 Å². The first kappa shape index (κ1) is 14.0. The van der Waals surface area contributed by atoms with Gasteiger partial charge in [0.15, 0.2) is 5.84 Å². The molecule has 3 N–H and O–H groups in total. The van der Waals surface area contributed by atoms with E-state index in [9.17, 15) is 0 Å². The molecule has 0 amide bonds. The molecule has 0 saturated carbocycles. The molecule has 0 atom stereocenters. The Labute approximate surface area is 117 Å². The number of pyridine rings is 1. The third-order valence-electron chi connectivity index (χ3n) is 3.20. The molecule has 2 heterocycles. The lowest BCUT2D eigenvalue weighted by atomic mass is 10.1. The van der Waals surface area contributed by atoms with Crippen LogP contribution in [0.4, 0.5) is 0 Å². The molecular weight excluding hydrogens is 254 g/mol. The van der Waals surface area contributed by atoms with E-state index in [2.05, 4.69) is 35.2 Å². The molecule has 6 heteroatoms. The van der Waals surface area contributed by atoms with Crippen molar-refractivity contribution in [1.82, 2.24) is 14.8 Å². The van der Waals surface area contributed by atoms with Crippen LogP contribution in [-0.4, -0.2) is 25.8 Å². The Hall–Kier alpha value is -2.37. The van der Waals surface area contributed by atoms with Gasteiger partial charge in [-0.3, -0.25) is 9.67 Å². The number of nitrogens with zero attached hydrogens (tertiary/aromatic N) is 4. The maximum Gasteiger partial charge on any atom is 0.189 e. The predicted octanol–water partition coefficient (Wildman–Crippen LogP) is 1.55. The number of aromatic nitrogens is 3. The Morgan fingerprint density at radius 2 is 2.20 bits per heavy atom. The molecule has 0 aliphatic rings. The van der Waals surface area contributed by atoms with Crippen LogP contribution in [0.2, 0.25) is 0 Å². The topological polar surface area (TPSA) is 89.3 Å². The number of rotatable bonds is 5. The molecule has 0 aromatic carbocycles. The van der Waals surface area contributed by atoms with Gasteiger partial charge in [-0.05, 0) is 25.0 Å². The maximum absolute atomic E-state index is 8.82. The lowest BCUT2D eigenvalue weighted by Crippen LogP contribution is -2.19. The maximum atomic E-state index is 8.82. The minimum absolute atomic E-state index is 0.0153. The van der Waals surface area contributed by atoms with Gasteiger partial charge in [0.25, 0.3) is 0 Å². The van der Waals surface area contributed by atoms with Gasteiger partial charge < -0.3 is 10.9 Å². The number of nitrogens with two attached hydrogens (primary N) is 1. The van der Waals surface area contributed by atoms with E-state index in [0.717, 1.165) is 29.8 Å². The third-order valence-corrected chi connectivity index (χ3v) is 3.20. The zero-order valence-electron chi connectivity index (χ0n) is 11.7. The Bertz CT molecular complexity index is 618. The van der Waals surface area contributed by atoms with Crippen LogP contribution in [-0.2, 0) is 19.4 Å². The van der Waals surface area contributed by atoms with Crippen molar-refractivity contribution in [2.24, 2.45) is 10.9 Å². The van der Waals surface area contributed by atoms with E-state index in [1.54, 1.807) is 6.20 Å². The zero-order chi connectivity index (χ0) is 14.5. The van der Waals surface area contributed by atoms with Crippen LogP contribution in [0.15, 0.2) is 29.6 Å². The summed E-state index contributed by atoms with van der Waals surface area (Å²) in [6, 6.07) is 5.85. The molecule has 2 aromatic rings. The lowest BCUT2D eigenvalue weighted by molar-refractivity contribution is 0.318. The Balaban J connectivity index is 2.37. The van der Waals surface area contributed by atoms with Gasteiger partial charge in [-0.1, -0.05) is 25.1 Å². The lowest BCUT2D eigenvalue weighted by Gasteiger charge is -2.09. The van der Waals surface area contributed by atoms with E-state index >= 15 is 0 Å². The SMILES string of the molecule is CCc1cc(CC)n(Cc2cccnc2/C(N)=N/O)n1. The van der Waals surface area contributed by atoms with Gasteiger partial charge in [0, 0.05) is 17.5 Å². The van der Waals surface area contributed by atoms with Gasteiger partial charge in [-0.15, -0.1) is 0 Å². The summed E-state index contributed by atoms with van der Waals surface area (Å²) in [6.45, 7) is 4.74. The first-order valence-corrected chi connectivity index (χ1v) is 6.67. The highest BCUT2D eigenvalue weighted by Gasteiger charge is 2.11. The minimum Gasteiger partial charge on any atom is -0.409 e. The van der Waals surface area contributed by atoms with Crippen molar-refractivity contribution >= 4 is 5.84 Å². The molecule has 0 radical (unpaired) electrons. The predicted molar refractivity (Wildman–Crippen MR) is 76.8 cm³/mol. The molecular formula is C14H19N5O. The summed E-state index contributed by atoms with van der Waals surface area (Å²) in [5.41, 5.74) is 9.26. The van der Waals surface area contributed by atoms with Crippen LogP contribution >= 0.6 is 0 Å². The molecule has 2 rings (SSSR count). The summed E-state index contributed by atoms with van der Waals surface area (Å²) >= 11 is 0. The second kappa shape index (κ2) is 6.18. The van der Waals surface area contributed by atoms with Gasteiger partial charge in [0.05, 0.1) is 12.2 Å². The fraction of sp³-hybridized carbons (Fsp3) is 0.357. The highest BCUT2D eigenvalue weighted by molar-refractivity contribution is 5.96. The monoisotopic (exact) mass is 273 g/mol.